The second-order valence-electron chi connectivity index (χ2n) is 6.35. The van der Waals surface area contributed by atoms with Crippen molar-refractivity contribution >= 4 is 0 Å². The van der Waals surface area contributed by atoms with E-state index in [1.54, 1.807) is 12.2 Å². The Kier molecular flexibility index (Phi) is 5.79. The number of nitriles is 2. The zero-order valence-electron chi connectivity index (χ0n) is 14.0. The Morgan fingerprint density at radius 1 is 1.17 bits per heavy atom. The van der Waals surface area contributed by atoms with Gasteiger partial charge in [0.2, 0.25) is 0 Å². The van der Waals surface area contributed by atoms with Crippen LogP contribution < -0.4 is 0 Å². The molecule has 0 N–H and O–H groups in total. The highest BCUT2D eigenvalue weighted by atomic mass is 16.5. The van der Waals surface area contributed by atoms with Gasteiger partial charge in [0, 0.05) is 11.6 Å². The lowest BCUT2D eigenvalue weighted by Crippen LogP contribution is -2.31. The third-order valence-corrected chi connectivity index (χ3v) is 4.45. The minimum Gasteiger partial charge on any atom is -0.462 e. The van der Waals surface area contributed by atoms with Crippen LogP contribution >= 0.6 is 0 Å². The molecule has 0 saturated heterocycles. The molecule has 23 heavy (non-hydrogen) atoms. The maximum absolute atomic E-state index is 9.00. The highest BCUT2D eigenvalue weighted by Gasteiger charge is 2.21. The first kappa shape index (κ1) is 17.1. The number of ether oxygens (including phenoxy) is 1. The van der Waals surface area contributed by atoms with E-state index in [1.807, 2.05) is 25.1 Å². The van der Waals surface area contributed by atoms with Crippen molar-refractivity contribution in [3.05, 3.63) is 47.0 Å². The van der Waals surface area contributed by atoms with Crippen LogP contribution in [0.1, 0.15) is 32.6 Å². The van der Waals surface area contributed by atoms with Crippen LogP contribution in [0.25, 0.3) is 0 Å². The lowest BCUT2D eigenvalue weighted by molar-refractivity contribution is 0.209. The number of allylic oxidation sites excluding steroid dienone is 7. The van der Waals surface area contributed by atoms with Crippen LogP contribution in [0.15, 0.2) is 47.0 Å². The van der Waals surface area contributed by atoms with Crippen molar-refractivity contribution in [2.45, 2.75) is 38.6 Å². The fourth-order valence-corrected chi connectivity index (χ4v) is 3.08. The van der Waals surface area contributed by atoms with Crippen LogP contribution in [0.5, 0.6) is 0 Å². The van der Waals surface area contributed by atoms with Gasteiger partial charge in [-0.05, 0) is 70.8 Å². The van der Waals surface area contributed by atoms with Crippen molar-refractivity contribution in [2.75, 3.05) is 14.1 Å². The largest absolute Gasteiger partial charge is 0.462 e. The molecule has 4 nitrogen and oxygen atoms in total. The predicted octanol–water partition coefficient (Wildman–Crippen LogP) is 3.82. The average Bonchev–Trinajstić information content (AvgIpc) is 2.54. The van der Waals surface area contributed by atoms with Gasteiger partial charge >= 0.3 is 0 Å². The van der Waals surface area contributed by atoms with E-state index in [0.717, 1.165) is 0 Å². The Balaban J connectivity index is 2.05. The monoisotopic (exact) mass is 309 g/mol. The zero-order chi connectivity index (χ0) is 16.8. The fourth-order valence-electron chi connectivity index (χ4n) is 3.08. The molecular weight excluding hydrogens is 286 g/mol. The molecule has 2 aliphatic rings. The molecule has 0 amide bonds. The molecule has 1 heterocycles. The standard InChI is InChI=1S/C19H23N3O/c1-14-10-16(17(12-20)13-21)11-19(23-14)9-6-15-4-7-18(8-5-15)22(2)3/h6,9-11,15,18H,4-5,7-8H2,1-3H3/b9-6+. The van der Waals surface area contributed by atoms with Crippen LogP contribution in [0.4, 0.5) is 0 Å². The maximum atomic E-state index is 9.00. The molecule has 0 unspecified atom stereocenters. The number of rotatable bonds is 3. The topological polar surface area (TPSA) is 60.0 Å². The Morgan fingerprint density at radius 3 is 2.39 bits per heavy atom. The zero-order valence-corrected chi connectivity index (χ0v) is 14.0. The molecular formula is C19H23N3O. The maximum Gasteiger partial charge on any atom is 0.137 e. The first-order chi connectivity index (χ1) is 11.0. The molecule has 0 radical (unpaired) electrons. The van der Waals surface area contributed by atoms with E-state index in [9.17, 15) is 0 Å². The van der Waals surface area contributed by atoms with Crippen LogP contribution in [-0.2, 0) is 4.74 Å². The summed E-state index contributed by atoms with van der Waals surface area (Å²) in [7, 11) is 4.29. The van der Waals surface area contributed by atoms with E-state index >= 15 is 0 Å². The molecule has 0 aromatic rings. The molecule has 1 fully saturated rings. The summed E-state index contributed by atoms with van der Waals surface area (Å²) >= 11 is 0. The Hall–Kier alpha value is -2.30. The van der Waals surface area contributed by atoms with E-state index < -0.39 is 0 Å². The molecule has 1 saturated carbocycles. The van der Waals surface area contributed by atoms with Gasteiger partial charge in [-0.25, -0.2) is 0 Å². The van der Waals surface area contributed by atoms with E-state index in [0.29, 0.717) is 29.1 Å². The second-order valence-corrected chi connectivity index (χ2v) is 6.35. The van der Waals surface area contributed by atoms with Gasteiger partial charge in [-0.2, -0.15) is 10.5 Å². The smallest absolute Gasteiger partial charge is 0.137 e. The SMILES string of the molecule is CC1=CC(=C(C#N)C#N)C=C(/C=C/C2CCC(N(C)C)CC2)O1. The normalized spacial score (nSPS) is 24.5. The first-order valence-corrected chi connectivity index (χ1v) is 8.00. The van der Waals surface area contributed by atoms with Crippen LogP contribution in [0.3, 0.4) is 0 Å². The number of nitrogens with zero attached hydrogens (tertiary/aromatic N) is 3. The molecule has 2 rings (SSSR count). The van der Waals surface area contributed by atoms with Gasteiger partial charge in [-0.3, -0.25) is 0 Å². The lowest BCUT2D eigenvalue weighted by atomic mass is 9.85. The van der Waals surface area contributed by atoms with Crippen molar-refractivity contribution in [1.82, 2.24) is 4.90 Å². The molecule has 0 aromatic carbocycles. The van der Waals surface area contributed by atoms with Gasteiger partial charge in [-0.15, -0.1) is 0 Å². The Labute approximate surface area is 138 Å². The van der Waals surface area contributed by atoms with Gasteiger partial charge in [0.25, 0.3) is 0 Å². The van der Waals surface area contributed by atoms with E-state index in [1.165, 1.54) is 25.7 Å². The number of hydrogen-bond donors (Lipinski definition) is 0. The van der Waals surface area contributed by atoms with Crippen LogP contribution in [-0.4, -0.2) is 25.0 Å². The van der Waals surface area contributed by atoms with Crippen molar-refractivity contribution in [3.63, 3.8) is 0 Å². The molecule has 1 aliphatic carbocycles. The van der Waals surface area contributed by atoms with Crippen molar-refractivity contribution in [3.8, 4) is 12.1 Å². The van der Waals surface area contributed by atoms with Gasteiger partial charge in [-0.1, -0.05) is 6.08 Å². The van der Waals surface area contributed by atoms with Crippen LogP contribution in [0.2, 0.25) is 0 Å². The number of hydrogen-bond acceptors (Lipinski definition) is 4. The van der Waals surface area contributed by atoms with Gasteiger partial charge < -0.3 is 9.64 Å². The van der Waals surface area contributed by atoms with Gasteiger partial charge in [0.15, 0.2) is 0 Å². The van der Waals surface area contributed by atoms with Crippen molar-refractivity contribution in [2.24, 2.45) is 5.92 Å². The van der Waals surface area contributed by atoms with Crippen molar-refractivity contribution < 1.29 is 4.74 Å². The van der Waals surface area contributed by atoms with Gasteiger partial charge in [0.05, 0.1) is 0 Å². The third-order valence-electron chi connectivity index (χ3n) is 4.45. The summed E-state index contributed by atoms with van der Waals surface area (Å²) in [5.41, 5.74) is 0.736. The van der Waals surface area contributed by atoms with Crippen molar-refractivity contribution in [1.29, 1.82) is 10.5 Å². The molecule has 1 aliphatic heterocycles. The molecule has 0 aromatic heterocycles. The summed E-state index contributed by atoms with van der Waals surface area (Å²) in [5, 5.41) is 18.0. The summed E-state index contributed by atoms with van der Waals surface area (Å²) in [6.07, 6.45) is 12.5. The summed E-state index contributed by atoms with van der Waals surface area (Å²) in [5.74, 6) is 1.96. The highest BCUT2D eigenvalue weighted by Crippen LogP contribution is 2.29. The highest BCUT2D eigenvalue weighted by molar-refractivity contribution is 5.52. The minimum absolute atomic E-state index is 0.116. The first-order valence-electron chi connectivity index (χ1n) is 8.00. The quantitative estimate of drug-likeness (QED) is 0.743. The average molecular weight is 309 g/mol. The van der Waals surface area contributed by atoms with Gasteiger partial charge in [0.1, 0.15) is 29.2 Å². The van der Waals surface area contributed by atoms with E-state index in [2.05, 4.69) is 25.1 Å². The fraction of sp³-hybridized carbons (Fsp3) is 0.474. The molecule has 4 heteroatoms. The summed E-state index contributed by atoms with van der Waals surface area (Å²) in [6, 6.07) is 4.55. The summed E-state index contributed by atoms with van der Waals surface area (Å²) in [6.45, 7) is 1.83. The third kappa shape index (κ3) is 4.58. The predicted molar refractivity (Wildman–Crippen MR) is 89.8 cm³/mol. The summed E-state index contributed by atoms with van der Waals surface area (Å²) in [4.78, 5) is 2.31. The molecule has 0 spiro atoms. The van der Waals surface area contributed by atoms with E-state index in [-0.39, 0.29) is 5.57 Å². The molecule has 120 valence electrons. The van der Waals surface area contributed by atoms with Crippen LogP contribution in [0, 0.1) is 28.6 Å². The second kappa shape index (κ2) is 7.81. The Bertz CT molecular complexity index is 629. The summed E-state index contributed by atoms with van der Waals surface area (Å²) < 4.78 is 5.68. The Morgan fingerprint density at radius 2 is 1.83 bits per heavy atom. The molecule has 0 bridgehead atoms. The van der Waals surface area contributed by atoms with E-state index in [4.69, 9.17) is 15.3 Å². The lowest BCUT2D eigenvalue weighted by Gasteiger charge is -2.31. The molecule has 0 atom stereocenters. The minimum atomic E-state index is 0.116.